The van der Waals surface area contributed by atoms with E-state index < -0.39 is 0 Å². The zero-order chi connectivity index (χ0) is 7.11. The minimum absolute atomic E-state index is 0.473. The van der Waals surface area contributed by atoms with Crippen molar-refractivity contribution in [1.82, 2.24) is 5.32 Å². The van der Waals surface area contributed by atoms with Gasteiger partial charge < -0.3 is 5.32 Å². The van der Waals surface area contributed by atoms with Crippen molar-refractivity contribution in [2.45, 2.75) is 32.7 Å². The highest BCUT2D eigenvalue weighted by molar-refractivity contribution is 4.75. The molecule has 52 valence electrons. The van der Waals surface area contributed by atoms with Gasteiger partial charge in [-0.05, 0) is 13.3 Å². The lowest BCUT2D eigenvalue weighted by molar-refractivity contribution is 0.538. The molecule has 0 radical (unpaired) electrons. The Bertz CT molecular complexity index is 93.6. The van der Waals surface area contributed by atoms with Crippen molar-refractivity contribution in [3.8, 4) is 6.07 Å². The maximum atomic E-state index is 8.17. The molecule has 0 aromatic heterocycles. The number of nitrogens with one attached hydrogen (secondary N) is 1. The number of nitriles is 1. The minimum atomic E-state index is 0.473. The monoisotopic (exact) mass is 126 g/mol. The van der Waals surface area contributed by atoms with Crippen LogP contribution in [0.5, 0.6) is 0 Å². The van der Waals surface area contributed by atoms with Crippen LogP contribution in [-0.4, -0.2) is 12.6 Å². The fourth-order valence-electron chi connectivity index (χ4n) is 0.755. The van der Waals surface area contributed by atoms with Gasteiger partial charge >= 0.3 is 0 Å². The van der Waals surface area contributed by atoms with Gasteiger partial charge in [0.2, 0.25) is 0 Å². The van der Waals surface area contributed by atoms with Crippen molar-refractivity contribution < 1.29 is 0 Å². The van der Waals surface area contributed by atoms with E-state index >= 15 is 0 Å². The highest BCUT2D eigenvalue weighted by atomic mass is 14.9. The lowest BCUT2D eigenvalue weighted by Gasteiger charge is -2.07. The normalized spacial score (nSPS) is 12.6. The van der Waals surface area contributed by atoms with E-state index in [-0.39, 0.29) is 0 Å². The second-order valence-corrected chi connectivity index (χ2v) is 2.23. The molecular formula is C7H14N2. The van der Waals surface area contributed by atoms with E-state index in [0.29, 0.717) is 12.6 Å². The minimum Gasteiger partial charge on any atom is -0.302 e. The molecule has 1 N–H and O–H groups in total. The van der Waals surface area contributed by atoms with Gasteiger partial charge in [-0.25, -0.2) is 0 Å². The summed E-state index contributed by atoms with van der Waals surface area (Å²) in [4.78, 5) is 0. The summed E-state index contributed by atoms with van der Waals surface area (Å²) in [6.07, 6.45) is 2.33. The summed E-state index contributed by atoms with van der Waals surface area (Å²) >= 11 is 0. The summed E-state index contributed by atoms with van der Waals surface area (Å²) in [5.74, 6) is 0. The molecule has 0 rings (SSSR count). The fraction of sp³-hybridized carbons (Fsp3) is 0.857. The summed E-state index contributed by atoms with van der Waals surface area (Å²) < 4.78 is 0. The van der Waals surface area contributed by atoms with E-state index in [4.69, 9.17) is 5.26 Å². The van der Waals surface area contributed by atoms with E-state index in [2.05, 4.69) is 19.2 Å². The van der Waals surface area contributed by atoms with Crippen LogP contribution < -0.4 is 5.32 Å². The zero-order valence-electron chi connectivity index (χ0n) is 6.15. The van der Waals surface area contributed by atoms with Crippen LogP contribution in [0.15, 0.2) is 0 Å². The van der Waals surface area contributed by atoms with E-state index in [0.717, 1.165) is 6.42 Å². The molecule has 0 aliphatic rings. The molecule has 0 aromatic rings. The first-order valence-corrected chi connectivity index (χ1v) is 3.41. The van der Waals surface area contributed by atoms with Gasteiger partial charge in [-0.3, -0.25) is 0 Å². The quantitative estimate of drug-likeness (QED) is 0.576. The number of nitrogens with zero attached hydrogens (tertiary/aromatic N) is 1. The maximum absolute atomic E-state index is 8.17. The highest BCUT2D eigenvalue weighted by Gasteiger charge is 1.95. The molecule has 0 unspecified atom stereocenters. The lowest BCUT2D eigenvalue weighted by Crippen LogP contribution is -2.25. The Labute approximate surface area is 56.9 Å². The molecule has 0 fully saturated rings. The Morgan fingerprint density at radius 2 is 2.33 bits per heavy atom. The molecule has 2 heteroatoms. The molecular weight excluding hydrogens is 112 g/mol. The largest absolute Gasteiger partial charge is 0.302 e. The van der Waals surface area contributed by atoms with Crippen molar-refractivity contribution >= 4 is 0 Å². The molecule has 0 saturated carbocycles. The van der Waals surface area contributed by atoms with Crippen LogP contribution in [0, 0.1) is 11.3 Å². The van der Waals surface area contributed by atoms with Crippen molar-refractivity contribution in [3.05, 3.63) is 0 Å². The standard InChI is InChI=1S/C7H14N2/c1-3-4-7(2)9-6-5-8/h7,9H,3-4,6H2,1-2H3/t7-/m0/s1. The van der Waals surface area contributed by atoms with Crippen molar-refractivity contribution in [1.29, 1.82) is 5.26 Å². The number of hydrogen-bond donors (Lipinski definition) is 1. The van der Waals surface area contributed by atoms with Crippen LogP contribution >= 0.6 is 0 Å². The van der Waals surface area contributed by atoms with Gasteiger partial charge in [0.05, 0.1) is 12.6 Å². The Morgan fingerprint density at radius 1 is 1.67 bits per heavy atom. The average molecular weight is 126 g/mol. The van der Waals surface area contributed by atoms with E-state index in [1.165, 1.54) is 6.42 Å². The predicted molar refractivity (Wildman–Crippen MR) is 38.0 cm³/mol. The van der Waals surface area contributed by atoms with Crippen molar-refractivity contribution in [2.75, 3.05) is 6.54 Å². The first kappa shape index (κ1) is 8.45. The summed E-state index contributed by atoms with van der Waals surface area (Å²) in [5, 5.41) is 11.2. The molecule has 0 spiro atoms. The predicted octanol–water partition coefficient (Wildman–Crippen LogP) is 1.29. The van der Waals surface area contributed by atoms with Gasteiger partial charge in [0, 0.05) is 6.04 Å². The molecule has 0 saturated heterocycles. The molecule has 0 aliphatic carbocycles. The van der Waals surface area contributed by atoms with E-state index in [1.54, 1.807) is 0 Å². The summed E-state index contributed by atoms with van der Waals surface area (Å²) in [6, 6.07) is 2.54. The van der Waals surface area contributed by atoms with Gasteiger partial charge in [-0.15, -0.1) is 0 Å². The lowest BCUT2D eigenvalue weighted by atomic mass is 10.2. The SMILES string of the molecule is CCC[C@H](C)NCC#N. The van der Waals surface area contributed by atoms with Gasteiger partial charge in [0.15, 0.2) is 0 Å². The van der Waals surface area contributed by atoms with Gasteiger partial charge in [-0.2, -0.15) is 5.26 Å². The first-order valence-electron chi connectivity index (χ1n) is 3.41. The maximum Gasteiger partial charge on any atom is 0.0842 e. The van der Waals surface area contributed by atoms with E-state index in [9.17, 15) is 0 Å². The third-order valence-corrected chi connectivity index (χ3v) is 1.25. The van der Waals surface area contributed by atoms with Crippen LogP contribution in [-0.2, 0) is 0 Å². The van der Waals surface area contributed by atoms with Crippen molar-refractivity contribution in [2.24, 2.45) is 0 Å². The van der Waals surface area contributed by atoms with Crippen LogP contribution in [0.3, 0.4) is 0 Å². The molecule has 2 nitrogen and oxygen atoms in total. The molecule has 0 bridgehead atoms. The average Bonchev–Trinajstić information content (AvgIpc) is 1.85. The van der Waals surface area contributed by atoms with E-state index in [1.807, 2.05) is 6.07 Å². The van der Waals surface area contributed by atoms with Gasteiger partial charge in [0.1, 0.15) is 0 Å². The smallest absolute Gasteiger partial charge is 0.0842 e. The molecule has 0 heterocycles. The second-order valence-electron chi connectivity index (χ2n) is 2.23. The number of hydrogen-bond acceptors (Lipinski definition) is 2. The fourth-order valence-corrected chi connectivity index (χ4v) is 0.755. The molecule has 9 heavy (non-hydrogen) atoms. The Hall–Kier alpha value is -0.550. The summed E-state index contributed by atoms with van der Waals surface area (Å²) in [7, 11) is 0. The Kier molecular flexibility index (Phi) is 5.24. The van der Waals surface area contributed by atoms with Crippen LogP contribution in [0.1, 0.15) is 26.7 Å². The zero-order valence-corrected chi connectivity index (χ0v) is 6.15. The topological polar surface area (TPSA) is 35.8 Å². The first-order chi connectivity index (χ1) is 4.31. The third kappa shape index (κ3) is 5.32. The Balaban J connectivity index is 3.07. The van der Waals surface area contributed by atoms with Crippen LogP contribution in [0.2, 0.25) is 0 Å². The molecule has 1 atom stereocenters. The molecule has 0 amide bonds. The third-order valence-electron chi connectivity index (χ3n) is 1.25. The van der Waals surface area contributed by atoms with Crippen molar-refractivity contribution in [3.63, 3.8) is 0 Å². The summed E-state index contributed by atoms with van der Waals surface area (Å²) in [5.41, 5.74) is 0. The van der Waals surface area contributed by atoms with Crippen LogP contribution in [0.25, 0.3) is 0 Å². The van der Waals surface area contributed by atoms with Gasteiger partial charge in [-0.1, -0.05) is 13.3 Å². The second kappa shape index (κ2) is 5.58. The molecule has 0 aromatic carbocycles. The number of rotatable bonds is 4. The molecule has 0 aliphatic heterocycles. The van der Waals surface area contributed by atoms with Crippen LogP contribution in [0.4, 0.5) is 0 Å². The van der Waals surface area contributed by atoms with Gasteiger partial charge in [0.25, 0.3) is 0 Å². The Morgan fingerprint density at radius 3 is 2.78 bits per heavy atom. The summed E-state index contributed by atoms with van der Waals surface area (Å²) in [6.45, 7) is 4.71. The highest BCUT2D eigenvalue weighted by Crippen LogP contribution is 1.92.